The summed E-state index contributed by atoms with van der Waals surface area (Å²) >= 11 is 0. The molecule has 0 radical (unpaired) electrons. The van der Waals surface area contributed by atoms with Crippen molar-refractivity contribution in [3.63, 3.8) is 0 Å². The van der Waals surface area contributed by atoms with Crippen LogP contribution in [0.1, 0.15) is 24.5 Å². The van der Waals surface area contributed by atoms with Crippen molar-refractivity contribution in [2.24, 2.45) is 0 Å². The maximum Gasteiger partial charge on any atom is 0.290 e. The summed E-state index contributed by atoms with van der Waals surface area (Å²) in [5, 5.41) is 13.4. The molecule has 2 rings (SSSR count). The van der Waals surface area contributed by atoms with Crippen molar-refractivity contribution in [2.75, 3.05) is 11.9 Å². The van der Waals surface area contributed by atoms with E-state index in [1.165, 1.54) is 12.1 Å². The molecule has 0 bridgehead atoms. The van der Waals surface area contributed by atoms with Gasteiger partial charge in [-0.3, -0.25) is 14.9 Å². The number of anilines is 1. The van der Waals surface area contributed by atoms with Crippen molar-refractivity contribution in [1.29, 1.82) is 0 Å². The lowest BCUT2D eigenvalue weighted by Gasteiger charge is -2.07. The molecule has 0 aliphatic carbocycles. The maximum atomic E-state index is 12.0. The highest BCUT2D eigenvalue weighted by molar-refractivity contribution is 6.01. The molecule has 1 aromatic carbocycles. The van der Waals surface area contributed by atoms with E-state index in [9.17, 15) is 14.9 Å². The molecule has 1 heterocycles. The van der Waals surface area contributed by atoms with E-state index in [1.54, 1.807) is 13.0 Å². The van der Waals surface area contributed by atoms with Crippen molar-refractivity contribution in [3.8, 4) is 5.75 Å². The predicted molar refractivity (Wildman–Crippen MR) is 95.5 cm³/mol. The highest BCUT2D eigenvalue weighted by Gasteiger charge is 2.12. The molecule has 1 amide bonds. The second-order valence-corrected chi connectivity index (χ2v) is 5.32. The van der Waals surface area contributed by atoms with Gasteiger partial charge in [0, 0.05) is 17.2 Å². The van der Waals surface area contributed by atoms with E-state index in [-0.39, 0.29) is 17.4 Å². The molecule has 7 nitrogen and oxygen atoms in total. The SMILES string of the molecule is CCCOc1ccccc1/C=C/C(=O)Nc1cc(C)c([N+](=O)[O-])cn1. The zero-order valence-electron chi connectivity index (χ0n) is 14.1. The van der Waals surface area contributed by atoms with E-state index in [2.05, 4.69) is 10.3 Å². The third-order valence-corrected chi connectivity index (χ3v) is 3.33. The number of pyridine rings is 1. The average Bonchev–Trinajstić information content (AvgIpc) is 2.58. The van der Waals surface area contributed by atoms with Crippen molar-refractivity contribution < 1.29 is 14.5 Å². The fourth-order valence-corrected chi connectivity index (χ4v) is 2.10. The fraction of sp³-hybridized carbons (Fsp3) is 0.222. The number of hydrogen-bond acceptors (Lipinski definition) is 5. The average molecular weight is 341 g/mol. The predicted octanol–water partition coefficient (Wildman–Crippen LogP) is 3.74. The topological polar surface area (TPSA) is 94.4 Å². The Morgan fingerprint density at radius 3 is 2.84 bits per heavy atom. The highest BCUT2D eigenvalue weighted by Crippen LogP contribution is 2.20. The van der Waals surface area contributed by atoms with Crippen molar-refractivity contribution >= 4 is 23.5 Å². The quantitative estimate of drug-likeness (QED) is 0.470. The van der Waals surface area contributed by atoms with Gasteiger partial charge in [0.05, 0.1) is 11.5 Å². The lowest BCUT2D eigenvalue weighted by atomic mass is 10.2. The van der Waals surface area contributed by atoms with Gasteiger partial charge in [-0.1, -0.05) is 25.1 Å². The van der Waals surface area contributed by atoms with Crippen molar-refractivity contribution in [2.45, 2.75) is 20.3 Å². The molecule has 0 fully saturated rings. The monoisotopic (exact) mass is 341 g/mol. The minimum absolute atomic E-state index is 0.0875. The molecule has 1 aromatic heterocycles. The van der Waals surface area contributed by atoms with E-state index in [1.807, 2.05) is 31.2 Å². The minimum Gasteiger partial charge on any atom is -0.493 e. The maximum absolute atomic E-state index is 12.0. The highest BCUT2D eigenvalue weighted by atomic mass is 16.6. The number of aromatic nitrogens is 1. The van der Waals surface area contributed by atoms with Crippen LogP contribution in [0.4, 0.5) is 11.5 Å². The Morgan fingerprint density at radius 2 is 2.16 bits per heavy atom. The summed E-state index contributed by atoms with van der Waals surface area (Å²) in [4.78, 5) is 26.2. The van der Waals surface area contributed by atoms with E-state index >= 15 is 0 Å². The molecule has 0 spiro atoms. The lowest BCUT2D eigenvalue weighted by Crippen LogP contribution is -2.09. The molecule has 1 N–H and O–H groups in total. The number of carbonyl (C=O) groups is 1. The first-order chi connectivity index (χ1) is 12.0. The molecule has 25 heavy (non-hydrogen) atoms. The van der Waals surface area contributed by atoms with Gasteiger partial charge in [0.15, 0.2) is 0 Å². The lowest BCUT2D eigenvalue weighted by molar-refractivity contribution is -0.385. The molecule has 7 heteroatoms. The number of nitrogens with one attached hydrogen (secondary N) is 1. The fourth-order valence-electron chi connectivity index (χ4n) is 2.10. The summed E-state index contributed by atoms with van der Waals surface area (Å²) in [6, 6.07) is 8.88. The van der Waals surface area contributed by atoms with Crippen LogP contribution >= 0.6 is 0 Å². The zero-order chi connectivity index (χ0) is 18.2. The normalized spacial score (nSPS) is 10.6. The first kappa shape index (κ1) is 18.1. The number of amides is 1. The third-order valence-electron chi connectivity index (χ3n) is 3.33. The summed E-state index contributed by atoms with van der Waals surface area (Å²) in [6.07, 6.45) is 5.04. The molecule has 0 aliphatic rings. The van der Waals surface area contributed by atoms with Crippen LogP contribution < -0.4 is 10.1 Å². The summed E-state index contributed by atoms with van der Waals surface area (Å²) in [7, 11) is 0. The Bertz CT molecular complexity index is 803. The van der Waals surface area contributed by atoms with Crippen LogP contribution in [0.2, 0.25) is 0 Å². The van der Waals surface area contributed by atoms with Gasteiger partial charge >= 0.3 is 0 Å². The Kier molecular flexibility index (Phi) is 6.22. The van der Waals surface area contributed by atoms with Crippen LogP contribution in [-0.4, -0.2) is 22.4 Å². The van der Waals surface area contributed by atoms with Gasteiger partial charge in [-0.2, -0.15) is 0 Å². The number of ether oxygens (including phenoxy) is 1. The van der Waals surface area contributed by atoms with Gasteiger partial charge in [-0.25, -0.2) is 4.98 Å². The number of hydrogen-bond donors (Lipinski definition) is 1. The first-order valence-corrected chi connectivity index (χ1v) is 7.83. The standard InChI is InChI=1S/C18H19N3O4/c1-3-10-25-16-7-5-4-6-14(16)8-9-18(22)20-17-11-13(2)15(12-19-17)21(23)24/h4-9,11-12H,3,10H2,1-2H3,(H,19,20,22)/b9-8+. The molecule has 0 saturated carbocycles. The van der Waals surface area contributed by atoms with Gasteiger partial charge in [-0.15, -0.1) is 0 Å². The number of para-hydroxylation sites is 1. The summed E-state index contributed by atoms with van der Waals surface area (Å²) < 4.78 is 5.63. The Hall–Kier alpha value is -3.22. The van der Waals surface area contributed by atoms with Crippen LogP contribution in [0.5, 0.6) is 5.75 Å². The van der Waals surface area contributed by atoms with E-state index in [4.69, 9.17) is 4.74 Å². The molecule has 2 aromatic rings. The number of nitrogens with zero attached hydrogens (tertiary/aromatic N) is 2. The Labute approximate surface area is 145 Å². The number of rotatable bonds is 7. The van der Waals surface area contributed by atoms with Gasteiger partial charge < -0.3 is 10.1 Å². The third kappa shape index (κ3) is 5.13. The first-order valence-electron chi connectivity index (χ1n) is 7.83. The molecular weight excluding hydrogens is 322 g/mol. The summed E-state index contributed by atoms with van der Waals surface area (Å²) in [6.45, 7) is 4.21. The van der Waals surface area contributed by atoms with Gasteiger partial charge in [-0.05, 0) is 31.6 Å². The molecule has 0 atom stereocenters. The van der Waals surface area contributed by atoms with Crippen LogP contribution in [-0.2, 0) is 4.79 Å². The Balaban J connectivity index is 2.06. The van der Waals surface area contributed by atoms with Crippen molar-refractivity contribution in [3.05, 3.63) is 63.8 Å². The van der Waals surface area contributed by atoms with Crippen LogP contribution in [0.15, 0.2) is 42.6 Å². The van der Waals surface area contributed by atoms with Crippen LogP contribution in [0.3, 0.4) is 0 Å². The van der Waals surface area contributed by atoms with Gasteiger partial charge in [0.1, 0.15) is 17.8 Å². The summed E-state index contributed by atoms with van der Waals surface area (Å²) in [5.41, 5.74) is 1.13. The second-order valence-electron chi connectivity index (χ2n) is 5.32. The van der Waals surface area contributed by atoms with E-state index < -0.39 is 4.92 Å². The van der Waals surface area contributed by atoms with Crippen LogP contribution in [0.25, 0.3) is 6.08 Å². The number of carbonyl (C=O) groups excluding carboxylic acids is 1. The molecule has 130 valence electrons. The Morgan fingerprint density at radius 1 is 1.40 bits per heavy atom. The molecule has 0 saturated heterocycles. The van der Waals surface area contributed by atoms with Crippen LogP contribution in [0, 0.1) is 17.0 Å². The summed E-state index contributed by atoms with van der Waals surface area (Å²) in [5.74, 6) is 0.581. The van der Waals surface area contributed by atoms with Gasteiger partial charge in [0.25, 0.3) is 5.69 Å². The number of nitro groups is 1. The van der Waals surface area contributed by atoms with E-state index in [0.29, 0.717) is 17.9 Å². The molecular formula is C18H19N3O4. The largest absolute Gasteiger partial charge is 0.493 e. The van der Waals surface area contributed by atoms with Crippen molar-refractivity contribution in [1.82, 2.24) is 4.98 Å². The number of benzene rings is 1. The molecule has 0 aliphatic heterocycles. The number of aryl methyl sites for hydroxylation is 1. The van der Waals surface area contributed by atoms with E-state index in [0.717, 1.165) is 18.2 Å². The zero-order valence-corrected chi connectivity index (χ0v) is 14.1. The molecule has 0 unspecified atom stereocenters. The minimum atomic E-state index is -0.513. The van der Waals surface area contributed by atoms with Gasteiger partial charge in [0.2, 0.25) is 5.91 Å². The smallest absolute Gasteiger partial charge is 0.290 e. The second kappa shape index (κ2) is 8.58.